The maximum atomic E-state index is 13.8. The molecule has 0 unspecified atom stereocenters. The number of nitrogens with zero attached hydrogens (tertiary/aromatic N) is 2. The van der Waals surface area contributed by atoms with Gasteiger partial charge in [-0.25, -0.2) is 14.2 Å². The Morgan fingerprint density at radius 1 is 0.974 bits per heavy atom. The van der Waals surface area contributed by atoms with Crippen LogP contribution >= 0.6 is 0 Å². The molecule has 0 fully saturated rings. The number of hydrogen-bond acceptors (Lipinski definition) is 7. The second-order valence-electron chi connectivity index (χ2n) is 8.65. The molecule has 0 aliphatic heterocycles. The lowest BCUT2D eigenvalue weighted by Gasteiger charge is -2.12. The smallest absolute Gasteiger partial charge is 0.478 e. The lowest BCUT2D eigenvalue weighted by atomic mass is 10.1. The van der Waals surface area contributed by atoms with Crippen molar-refractivity contribution in [2.24, 2.45) is 0 Å². The Labute approximate surface area is 221 Å². The number of nitrogens with one attached hydrogen (secondary N) is 2. The standard InChI is InChI=1S/C27H26F4N4O4/c28-22-13-17(3-6-24(22)39-27(29,30)31)15-32-8-1-2-11-38-12-10-34-25-20-7-9-33-16-21(20)19-5-4-18(26(36)37)14-23(19)35-25/h3-7,9,13-14,16,32H,1-2,8,10-12,15H2,(H,34,35)(H,36,37). The van der Waals surface area contributed by atoms with Gasteiger partial charge in [-0.15, -0.1) is 13.2 Å². The molecule has 2 aromatic carbocycles. The topological polar surface area (TPSA) is 106 Å². The van der Waals surface area contributed by atoms with Crippen LogP contribution < -0.4 is 15.4 Å². The molecule has 4 aromatic rings. The number of hydrogen-bond donors (Lipinski definition) is 3. The van der Waals surface area contributed by atoms with Gasteiger partial charge < -0.3 is 25.2 Å². The molecular formula is C27H26F4N4O4. The second kappa shape index (κ2) is 12.7. The molecule has 2 heterocycles. The van der Waals surface area contributed by atoms with Crippen LogP contribution in [0.3, 0.4) is 0 Å². The van der Waals surface area contributed by atoms with Crippen molar-refractivity contribution < 1.29 is 36.9 Å². The number of unbranched alkanes of at least 4 members (excludes halogenated alkanes) is 1. The first-order valence-corrected chi connectivity index (χ1v) is 12.2. The van der Waals surface area contributed by atoms with E-state index in [1.807, 2.05) is 6.07 Å². The van der Waals surface area contributed by atoms with Crippen molar-refractivity contribution >= 4 is 33.5 Å². The van der Waals surface area contributed by atoms with E-state index in [1.165, 1.54) is 12.1 Å². The summed E-state index contributed by atoms with van der Waals surface area (Å²) in [5.41, 5.74) is 1.22. The van der Waals surface area contributed by atoms with Crippen LogP contribution in [0.4, 0.5) is 23.4 Å². The van der Waals surface area contributed by atoms with Gasteiger partial charge in [0.1, 0.15) is 5.82 Å². The fourth-order valence-corrected chi connectivity index (χ4v) is 4.01. The molecule has 0 bridgehead atoms. The van der Waals surface area contributed by atoms with E-state index in [2.05, 4.69) is 25.3 Å². The molecule has 12 heteroatoms. The zero-order valence-corrected chi connectivity index (χ0v) is 20.7. The van der Waals surface area contributed by atoms with Crippen LogP contribution in [0.1, 0.15) is 28.8 Å². The Bertz CT molecular complexity index is 1450. The number of benzene rings is 2. The van der Waals surface area contributed by atoms with E-state index >= 15 is 0 Å². The summed E-state index contributed by atoms with van der Waals surface area (Å²) in [6, 6.07) is 10.0. The van der Waals surface area contributed by atoms with E-state index in [1.54, 1.807) is 24.5 Å². The Morgan fingerprint density at radius 3 is 2.59 bits per heavy atom. The van der Waals surface area contributed by atoms with Crippen LogP contribution in [-0.4, -0.2) is 53.7 Å². The molecule has 4 rings (SSSR count). The van der Waals surface area contributed by atoms with Crippen molar-refractivity contribution in [1.82, 2.24) is 15.3 Å². The summed E-state index contributed by atoms with van der Waals surface area (Å²) < 4.78 is 59.7. The van der Waals surface area contributed by atoms with Gasteiger partial charge in [-0.05, 0) is 55.3 Å². The van der Waals surface area contributed by atoms with Gasteiger partial charge in [0, 0.05) is 48.2 Å². The molecule has 0 aliphatic carbocycles. The first-order valence-electron chi connectivity index (χ1n) is 12.2. The number of pyridine rings is 2. The van der Waals surface area contributed by atoms with E-state index in [4.69, 9.17) is 4.74 Å². The molecular weight excluding hydrogens is 520 g/mol. The monoisotopic (exact) mass is 546 g/mol. The molecule has 0 atom stereocenters. The minimum atomic E-state index is -4.94. The Balaban J connectivity index is 1.17. The minimum absolute atomic E-state index is 0.155. The molecule has 39 heavy (non-hydrogen) atoms. The third-order valence-electron chi connectivity index (χ3n) is 5.83. The zero-order valence-electron chi connectivity index (χ0n) is 20.7. The van der Waals surface area contributed by atoms with Gasteiger partial charge in [-0.2, -0.15) is 0 Å². The van der Waals surface area contributed by atoms with Gasteiger partial charge in [-0.3, -0.25) is 4.98 Å². The summed E-state index contributed by atoms with van der Waals surface area (Å²) >= 11 is 0. The van der Waals surface area contributed by atoms with Crippen molar-refractivity contribution in [2.75, 3.05) is 31.6 Å². The predicted octanol–water partition coefficient (Wildman–Crippen LogP) is 5.52. The minimum Gasteiger partial charge on any atom is -0.478 e. The van der Waals surface area contributed by atoms with Gasteiger partial charge in [0.25, 0.3) is 0 Å². The first-order chi connectivity index (χ1) is 18.7. The number of fused-ring (bicyclic) bond motifs is 3. The molecule has 3 N–H and O–H groups in total. The number of anilines is 1. The van der Waals surface area contributed by atoms with Gasteiger partial charge in [0.15, 0.2) is 11.6 Å². The van der Waals surface area contributed by atoms with E-state index < -0.39 is 23.9 Å². The number of halogens is 4. The molecule has 0 radical (unpaired) electrons. The highest BCUT2D eigenvalue weighted by molar-refractivity contribution is 6.10. The van der Waals surface area contributed by atoms with Crippen LogP contribution in [0, 0.1) is 5.82 Å². The summed E-state index contributed by atoms with van der Waals surface area (Å²) in [5, 5.41) is 18.2. The fourth-order valence-electron chi connectivity index (χ4n) is 4.01. The van der Waals surface area contributed by atoms with E-state index in [-0.39, 0.29) is 5.56 Å². The Kier molecular flexibility index (Phi) is 9.10. The summed E-state index contributed by atoms with van der Waals surface area (Å²) in [6.45, 7) is 2.39. The van der Waals surface area contributed by atoms with Crippen molar-refractivity contribution in [3.63, 3.8) is 0 Å². The maximum Gasteiger partial charge on any atom is 0.573 e. The number of aromatic nitrogens is 2. The number of aromatic carboxylic acids is 1. The van der Waals surface area contributed by atoms with Crippen molar-refractivity contribution in [3.8, 4) is 5.75 Å². The van der Waals surface area contributed by atoms with Crippen molar-refractivity contribution in [3.05, 3.63) is 71.8 Å². The number of carboxylic acids is 1. The number of carbonyl (C=O) groups is 1. The van der Waals surface area contributed by atoms with E-state index in [9.17, 15) is 27.5 Å². The molecule has 8 nitrogen and oxygen atoms in total. The second-order valence-corrected chi connectivity index (χ2v) is 8.65. The lowest BCUT2D eigenvalue weighted by Crippen LogP contribution is -2.18. The SMILES string of the molecule is O=C(O)c1ccc2c(c1)nc(NCCOCCCCNCc1ccc(OC(F)(F)F)c(F)c1)c1ccncc12. The first kappa shape index (κ1) is 28.0. The average molecular weight is 547 g/mol. The van der Waals surface area contributed by atoms with Gasteiger partial charge >= 0.3 is 12.3 Å². The number of ether oxygens (including phenoxy) is 2. The molecule has 0 amide bonds. The summed E-state index contributed by atoms with van der Waals surface area (Å²) in [4.78, 5) is 20.2. The normalized spacial score (nSPS) is 11.7. The predicted molar refractivity (Wildman–Crippen MR) is 137 cm³/mol. The van der Waals surface area contributed by atoms with E-state index in [0.29, 0.717) is 49.7 Å². The fraction of sp³-hybridized carbons (Fsp3) is 0.296. The van der Waals surface area contributed by atoms with Gasteiger partial charge in [0.2, 0.25) is 0 Å². The quantitative estimate of drug-likeness (QED) is 0.114. The molecule has 0 saturated carbocycles. The average Bonchev–Trinajstić information content (AvgIpc) is 2.90. The molecule has 2 aromatic heterocycles. The largest absolute Gasteiger partial charge is 0.573 e. The molecule has 0 aliphatic rings. The lowest BCUT2D eigenvalue weighted by molar-refractivity contribution is -0.275. The van der Waals surface area contributed by atoms with Crippen LogP contribution in [0.25, 0.3) is 21.7 Å². The van der Waals surface area contributed by atoms with Crippen LogP contribution in [0.5, 0.6) is 5.75 Å². The number of rotatable bonds is 13. The highest BCUT2D eigenvalue weighted by Crippen LogP contribution is 2.29. The Hall–Kier alpha value is -4.03. The summed E-state index contributed by atoms with van der Waals surface area (Å²) in [5.74, 6) is -2.33. The molecule has 0 spiro atoms. The number of alkyl halides is 3. The highest BCUT2D eigenvalue weighted by Gasteiger charge is 2.32. The maximum absolute atomic E-state index is 13.8. The molecule has 0 saturated heterocycles. The van der Waals surface area contributed by atoms with Crippen LogP contribution in [0.2, 0.25) is 0 Å². The van der Waals surface area contributed by atoms with Crippen LogP contribution in [0.15, 0.2) is 54.9 Å². The molecule has 206 valence electrons. The summed E-state index contributed by atoms with van der Waals surface area (Å²) in [7, 11) is 0. The number of carboxylic acid groups (broad SMARTS) is 1. The summed E-state index contributed by atoms with van der Waals surface area (Å²) in [6.07, 6.45) is 0.0297. The van der Waals surface area contributed by atoms with Gasteiger partial charge in [0.05, 0.1) is 17.7 Å². The highest BCUT2D eigenvalue weighted by atomic mass is 19.4. The Morgan fingerprint density at radius 2 is 1.82 bits per heavy atom. The third-order valence-corrected chi connectivity index (χ3v) is 5.83. The van der Waals surface area contributed by atoms with E-state index in [0.717, 1.165) is 41.1 Å². The van der Waals surface area contributed by atoms with Gasteiger partial charge in [-0.1, -0.05) is 12.1 Å². The van der Waals surface area contributed by atoms with Crippen LogP contribution in [-0.2, 0) is 11.3 Å². The van der Waals surface area contributed by atoms with Crippen molar-refractivity contribution in [2.45, 2.75) is 25.7 Å². The van der Waals surface area contributed by atoms with Crippen molar-refractivity contribution in [1.29, 1.82) is 0 Å². The third kappa shape index (κ3) is 7.74. The zero-order chi connectivity index (χ0) is 27.8.